The van der Waals surface area contributed by atoms with Crippen LogP contribution in [0.25, 0.3) is 11.1 Å². The van der Waals surface area contributed by atoms with Crippen molar-refractivity contribution in [1.29, 1.82) is 0 Å². The van der Waals surface area contributed by atoms with Crippen LogP contribution in [-0.2, 0) is 9.84 Å². The fraction of sp³-hybridized carbons (Fsp3) is 0.333. The van der Waals surface area contributed by atoms with Crippen molar-refractivity contribution in [2.75, 3.05) is 12.9 Å². The molecule has 0 saturated heterocycles. The molecule has 24 heavy (non-hydrogen) atoms. The maximum Gasteiger partial charge on any atom is 0.179 e. The van der Waals surface area contributed by atoms with E-state index < -0.39 is 15.9 Å². The zero-order valence-electron chi connectivity index (χ0n) is 13.9. The molecule has 1 N–H and O–H groups in total. The summed E-state index contributed by atoms with van der Waals surface area (Å²) >= 11 is 0. The van der Waals surface area contributed by atoms with Gasteiger partial charge in [0.1, 0.15) is 23.1 Å². The standard InChI is InChI=1S/C18H21FO4S/c1-12(2)16(20)11-23-17-10-14(7-8-18(17)24(3,21)22)13-5-4-6-15(19)9-13/h4-10,12,16,20H,11H2,1-3H3. The molecule has 6 heteroatoms. The van der Waals surface area contributed by atoms with Crippen molar-refractivity contribution >= 4 is 9.84 Å². The van der Waals surface area contributed by atoms with Gasteiger partial charge in [-0.1, -0.05) is 32.0 Å². The molecular formula is C18H21FO4S. The SMILES string of the molecule is CC(C)C(O)COc1cc(-c2cccc(F)c2)ccc1S(C)(=O)=O. The molecule has 1 atom stereocenters. The first-order valence-electron chi connectivity index (χ1n) is 7.59. The average Bonchev–Trinajstić information content (AvgIpc) is 2.51. The summed E-state index contributed by atoms with van der Waals surface area (Å²) in [4.78, 5) is 0.0404. The molecule has 0 aromatic heterocycles. The molecule has 0 aliphatic heterocycles. The van der Waals surface area contributed by atoms with Crippen LogP contribution < -0.4 is 4.74 Å². The van der Waals surface area contributed by atoms with Gasteiger partial charge in [-0.3, -0.25) is 0 Å². The van der Waals surface area contributed by atoms with Gasteiger partial charge in [0.05, 0.1) is 6.10 Å². The molecule has 4 nitrogen and oxygen atoms in total. The zero-order valence-corrected chi connectivity index (χ0v) is 14.7. The molecule has 0 fully saturated rings. The molecule has 0 aliphatic carbocycles. The van der Waals surface area contributed by atoms with E-state index in [4.69, 9.17) is 4.74 Å². The minimum atomic E-state index is -3.49. The van der Waals surface area contributed by atoms with Crippen molar-refractivity contribution in [1.82, 2.24) is 0 Å². The summed E-state index contributed by atoms with van der Waals surface area (Å²) in [7, 11) is -3.49. The van der Waals surface area contributed by atoms with E-state index in [1.807, 2.05) is 13.8 Å². The number of sulfone groups is 1. The first-order valence-corrected chi connectivity index (χ1v) is 9.48. The van der Waals surface area contributed by atoms with Gasteiger partial charge < -0.3 is 9.84 Å². The highest BCUT2D eigenvalue weighted by molar-refractivity contribution is 7.90. The van der Waals surface area contributed by atoms with Crippen LogP contribution in [0.2, 0.25) is 0 Å². The lowest BCUT2D eigenvalue weighted by Gasteiger charge is -2.17. The van der Waals surface area contributed by atoms with Crippen molar-refractivity contribution < 1.29 is 22.7 Å². The van der Waals surface area contributed by atoms with Crippen LogP contribution in [-0.4, -0.2) is 32.5 Å². The third-order valence-electron chi connectivity index (χ3n) is 3.68. The highest BCUT2D eigenvalue weighted by atomic mass is 32.2. The van der Waals surface area contributed by atoms with Crippen LogP contribution in [0.5, 0.6) is 5.75 Å². The Bertz CT molecular complexity index is 816. The van der Waals surface area contributed by atoms with Crippen LogP contribution >= 0.6 is 0 Å². The lowest BCUT2D eigenvalue weighted by molar-refractivity contribution is 0.0689. The number of aliphatic hydroxyl groups is 1. The second kappa shape index (κ2) is 7.32. The molecule has 0 aliphatic rings. The Morgan fingerprint density at radius 2 is 1.79 bits per heavy atom. The van der Waals surface area contributed by atoms with Crippen molar-refractivity contribution in [3.8, 4) is 16.9 Å². The summed E-state index contributed by atoms with van der Waals surface area (Å²) in [6.07, 6.45) is 0.380. The Hall–Kier alpha value is -1.92. The smallest absolute Gasteiger partial charge is 0.179 e. The number of rotatable bonds is 6. The molecule has 0 radical (unpaired) electrons. The number of aliphatic hydroxyl groups excluding tert-OH is 1. The number of hydrogen-bond donors (Lipinski definition) is 1. The Morgan fingerprint density at radius 1 is 1.12 bits per heavy atom. The molecule has 0 spiro atoms. The van der Waals surface area contributed by atoms with Crippen LogP contribution in [0.4, 0.5) is 4.39 Å². The average molecular weight is 352 g/mol. The van der Waals surface area contributed by atoms with E-state index in [1.54, 1.807) is 24.3 Å². The molecular weight excluding hydrogens is 331 g/mol. The Morgan fingerprint density at radius 3 is 2.38 bits per heavy atom. The monoisotopic (exact) mass is 352 g/mol. The van der Waals surface area contributed by atoms with Crippen molar-refractivity contribution in [3.63, 3.8) is 0 Å². The third-order valence-corrected chi connectivity index (χ3v) is 4.82. The highest BCUT2D eigenvalue weighted by Gasteiger charge is 2.18. The number of ether oxygens (including phenoxy) is 1. The molecule has 0 bridgehead atoms. The summed E-state index contributed by atoms with van der Waals surface area (Å²) in [5.74, 6) is -0.241. The van der Waals surface area contributed by atoms with E-state index in [9.17, 15) is 17.9 Å². The fourth-order valence-electron chi connectivity index (χ4n) is 2.14. The maximum absolute atomic E-state index is 13.4. The van der Waals surface area contributed by atoms with Crippen LogP contribution in [0.3, 0.4) is 0 Å². The Labute approximate surface area is 141 Å². The summed E-state index contributed by atoms with van der Waals surface area (Å²) < 4.78 is 42.8. The summed E-state index contributed by atoms with van der Waals surface area (Å²) in [6, 6.07) is 10.6. The van der Waals surface area contributed by atoms with E-state index in [1.165, 1.54) is 18.2 Å². The highest BCUT2D eigenvalue weighted by Crippen LogP contribution is 2.31. The Kier molecular flexibility index (Phi) is 5.62. The summed E-state index contributed by atoms with van der Waals surface area (Å²) in [5, 5.41) is 9.88. The molecule has 0 saturated carbocycles. The molecule has 2 rings (SSSR count). The van der Waals surface area contributed by atoms with Crippen LogP contribution in [0.1, 0.15) is 13.8 Å². The molecule has 0 amide bonds. The summed E-state index contributed by atoms with van der Waals surface area (Å²) in [5.41, 5.74) is 1.25. The van der Waals surface area contributed by atoms with Gasteiger partial charge >= 0.3 is 0 Å². The molecule has 130 valence electrons. The molecule has 2 aromatic rings. The van der Waals surface area contributed by atoms with Gasteiger partial charge in [0.2, 0.25) is 0 Å². The van der Waals surface area contributed by atoms with E-state index in [-0.39, 0.29) is 29.0 Å². The van der Waals surface area contributed by atoms with Gasteiger partial charge in [0, 0.05) is 6.26 Å². The number of hydrogen-bond acceptors (Lipinski definition) is 4. The fourth-order valence-corrected chi connectivity index (χ4v) is 2.94. The molecule has 0 heterocycles. The summed E-state index contributed by atoms with van der Waals surface area (Å²) in [6.45, 7) is 3.66. The van der Waals surface area contributed by atoms with Gasteiger partial charge in [-0.15, -0.1) is 0 Å². The predicted molar refractivity (Wildman–Crippen MR) is 91.3 cm³/mol. The number of benzene rings is 2. The van der Waals surface area contributed by atoms with Gasteiger partial charge in [-0.2, -0.15) is 0 Å². The van der Waals surface area contributed by atoms with Gasteiger partial charge in [-0.05, 0) is 41.3 Å². The minimum absolute atomic E-state index is 0.0157. The Balaban J connectivity index is 2.42. The topological polar surface area (TPSA) is 63.6 Å². The lowest BCUT2D eigenvalue weighted by atomic mass is 10.1. The first-order chi connectivity index (χ1) is 11.2. The minimum Gasteiger partial charge on any atom is -0.489 e. The largest absolute Gasteiger partial charge is 0.489 e. The van der Waals surface area contributed by atoms with Crippen molar-refractivity contribution in [2.24, 2.45) is 5.92 Å². The number of halogens is 1. The van der Waals surface area contributed by atoms with E-state index in [2.05, 4.69) is 0 Å². The normalized spacial score (nSPS) is 13.1. The third kappa shape index (κ3) is 4.55. The zero-order chi connectivity index (χ0) is 17.9. The second-order valence-electron chi connectivity index (χ2n) is 6.07. The van der Waals surface area contributed by atoms with Gasteiger partial charge in [0.15, 0.2) is 9.84 Å². The van der Waals surface area contributed by atoms with Crippen molar-refractivity contribution in [3.05, 3.63) is 48.3 Å². The maximum atomic E-state index is 13.4. The quantitative estimate of drug-likeness (QED) is 0.866. The van der Waals surface area contributed by atoms with Gasteiger partial charge in [0.25, 0.3) is 0 Å². The van der Waals surface area contributed by atoms with E-state index in [0.29, 0.717) is 11.1 Å². The van der Waals surface area contributed by atoms with E-state index >= 15 is 0 Å². The lowest BCUT2D eigenvalue weighted by Crippen LogP contribution is -2.23. The van der Waals surface area contributed by atoms with Crippen LogP contribution in [0, 0.1) is 11.7 Å². The van der Waals surface area contributed by atoms with Crippen molar-refractivity contribution in [2.45, 2.75) is 24.8 Å². The predicted octanol–water partition coefficient (Wildman–Crippen LogP) is 3.29. The van der Waals surface area contributed by atoms with Gasteiger partial charge in [-0.25, -0.2) is 12.8 Å². The first kappa shape index (κ1) is 18.4. The van der Waals surface area contributed by atoms with E-state index in [0.717, 1.165) is 6.26 Å². The van der Waals surface area contributed by atoms with Crippen LogP contribution in [0.15, 0.2) is 47.4 Å². The molecule has 1 unspecified atom stereocenters. The molecule has 2 aromatic carbocycles. The second-order valence-corrected chi connectivity index (χ2v) is 8.05.